The van der Waals surface area contributed by atoms with E-state index in [1.54, 1.807) is 0 Å². The van der Waals surface area contributed by atoms with Gasteiger partial charge in [0.15, 0.2) is 5.82 Å². The van der Waals surface area contributed by atoms with Crippen molar-refractivity contribution in [1.82, 2.24) is 5.32 Å². The first-order valence-electron chi connectivity index (χ1n) is 6.12. The van der Waals surface area contributed by atoms with Crippen LogP contribution in [0.1, 0.15) is 23.2 Å². The van der Waals surface area contributed by atoms with E-state index in [-0.39, 0.29) is 12.6 Å². The molecular formula is C12H12ClF2NO4S. The van der Waals surface area contributed by atoms with E-state index in [1.807, 2.05) is 0 Å². The molecule has 9 heteroatoms. The Morgan fingerprint density at radius 3 is 2.71 bits per heavy atom. The van der Waals surface area contributed by atoms with Crippen LogP contribution < -0.4 is 5.32 Å². The highest BCUT2D eigenvalue weighted by Crippen LogP contribution is 2.23. The van der Waals surface area contributed by atoms with Crippen LogP contribution in [0.2, 0.25) is 0 Å². The normalized spacial score (nSPS) is 18.7. The molecule has 1 aromatic rings. The highest BCUT2D eigenvalue weighted by Gasteiger charge is 2.25. The summed E-state index contributed by atoms with van der Waals surface area (Å²) in [5.41, 5.74) is -0.716. The molecule has 1 heterocycles. The molecule has 2 rings (SSSR count). The van der Waals surface area contributed by atoms with Crippen molar-refractivity contribution in [1.29, 1.82) is 0 Å². The van der Waals surface area contributed by atoms with Gasteiger partial charge in [0, 0.05) is 23.8 Å². The fourth-order valence-corrected chi connectivity index (χ4v) is 2.93. The molecule has 1 unspecified atom stereocenters. The molecule has 1 aliphatic heterocycles. The van der Waals surface area contributed by atoms with E-state index in [0.717, 1.165) is 12.8 Å². The van der Waals surface area contributed by atoms with Gasteiger partial charge in [-0.1, -0.05) is 0 Å². The molecule has 21 heavy (non-hydrogen) atoms. The molecule has 0 saturated carbocycles. The average molecular weight is 340 g/mol. The Balaban J connectivity index is 2.22. The Hall–Kier alpha value is -1.25. The van der Waals surface area contributed by atoms with E-state index in [0.29, 0.717) is 18.7 Å². The van der Waals surface area contributed by atoms with Gasteiger partial charge in [-0.2, -0.15) is 0 Å². The van der Waals surface area contributed by atoms with Gasteiger partial charge in [0.2, 0.25) is 0 Å². The van der Waals surface area contributed by atoms with E-state index in [9.17, 15) is 22.0 Å². The van der Waals surface area contributed by atoms with E-state index >= 15 is 0 Å². The summed E-state index contributed by atoms with van der Waals surface area (Å²) in [5.74, 6) is -3.38. The molecule has 1 saturated heterocycles. The fraction of sp³-hybridized carbons (Fsp3) is 0.417. The number of benzene rings is 1. The zero-order valence-electron chi connectivity index (χ0n) is 10.7. The number of rotatable bonds is 4. The predicted molar refractivity (Wildman–Crippen MR) is 70.7 cm³/mol. The van der Waals surface area contributed by atoms with Gasteiger partial charge >= 0.3 is 0 Å². The third-order valence-electron chi connectivity index (χ3n) is 3.03. The monoisotopic (exact) mass is 339 g/mol. The predicted octanol–water partition coefficient (Wildman–Crippen LogP) is 1.80. The van der Waals surface area contributed by atoms with Crippen molar-refractivity contribution in [3.63, 3.8) is 0 Å². The highest BCUT2D eigenvalue weighted by molar-refractivity contribution is 8.13. The van der Waals surface area contributed by atoms with Crippen molar-refractivity contribution in [2.75, 3.05) is 13.2 Å². The minimum Gasteiger partial charge on any atom is -0.376 e. The second kappa shape index (κ2) is 6.25. The SMILES string of the molecule is O=C(NCC1CCCO1)c1cc(F)cc(S(=O)(=O)Cl)c1F. The zero-order chi connectivity index (χ0) is 15.6. The molecular weight excluding hydrogens is 328 g/mol. The summed E-state index contributed by atoms with van der Waals surface area (Å²) >= 11 is 0. The van der Waals surface area contributed by atoms with Crippen LogP contribution in [0.15, 0.2) is 17.0 Å². The fourth-order valence-electron chi connectivity index (χ4n) is 2.01. The zero-order valence-corrected chi connectivity index (χ0v) is 12.3. The molecule has 116 valence electrons. The van der Waals surface area contributed by atoms with Gasteiger partial charge in [-0.25, -0.2) is 17.2 Å². The van der Waals surface area contributed by atoms with Gasteiger partial charge in [0.1, 0.15) is 10.7 Å². The molecule has 1 amide bonds. The summed E-state index contributed by atoms with van der Waals surface area (Å²) in [7, 11) is 0.517. The summed E-state index contributed by atoms with van der Waals surface area (Å²) in [5, 5.41) is 2.38. The molecule has 0 aromatic heterocycles. The number of halogens is 3. The lowest BCUT2D eigenvalue weighted by Crippen LogP contribution is -2.32. The Bertz CT molecular complexity index is 659. The number of hydrogen-bond donors (Lipinski definition) is 1. The summed E-state index contributed by atoms with van der Waals surface area (Å²) < 4.78 is 54.9. The summed E-state index contributed by atoms with van der Waals surface area (Å²) in [6.07, 6.45) is 1.44. The van der Waals surface area contributed by atoms with E-state index in [1.165, 1.54) is 0 Å². The van der Waals surface area contributed by atoms with Gasteiger partial charge in [-0.15, -0.1) is 0 Å². The minimum absolute atomic E-state index is 0.137. The van der Waals surface area contributed by atoms with Crippen molar-refractivity contribution in [3.8, 4) is 0 Å². The number of carbonyl (C=O) groups excluding carboxylic acids is 1. The number of nitrogens with one attached hydrogen (secondary N) is 1. The topological polar surface area (TPSA) is 72.5 Å². The number of hydrogen-bond acceptors (Lipinski definition) is 4. The molecule has 0 aliphatic carbocycles. The number of amides is 1. The molecule has 5 nitrogen and oxygen atoms in total. The quantitative estimate of drug-likeness (QED) is 0.849. The molecule has 0 radical (unpaired) electrons. The molecule has 1 aliphatic rings. The molecule has 0 spiro atoms. The van der Waals surface area contributed by atoms with Crippen LogP contribution in [0.5, 0.6) is 0 Å². The maximum Gasteiger partial charge on any atom is 0.264 e. The molecule has 0 bridgehead atoms. The second-order valence-electron chi connectivity index (χ2n) is 4.55. The van der Waals surface area contributed by atoms with E-state index in [2.05, 4.69) is 5.32 Å². The highest BCUT2D eigenvalue weighted by atomic mass is 35.7. The van der Waals surface area contributed by atoms with E-state index < -0.39 is 37.1 Å². The third-order valence-corrected chi connectivity index (χ3v) is 4.35. The first-order chi connectivity index (χ1) is 9.79. The Morgan fingerprint density at radius 2 is 2.14 bits per heavy atom. The lowest BCUT2D eigenvalue weighted by molar-refractivity contribution is 0.0853. The Morgan fingerprint density at radius 1 is 1.43 bits per heavy atom. The largest absolute Gasteiger partial charge is 0.376 e. The minimum atomic E-state index is -4.49. The Labute approximate surface area is 124 Å². The van der Waals surface area contributed by atoms with Gasteiger partial charge < -0.3 is 10.1 Å². The summed E-state index contributed by atoms with van der Waals surface area (Å²) in [4.78, 5) is 10.8. The smallest absolute Gasteiger partial charge is 0.264 e. The van der Waals surface area contributed by atoms with Crippen LogP contribution in [0.3, 0.4) is 0 Å². The first kappa shape index (κ1) is 16.1. The van der Waals surface area contributed by atoms with Crippen molar-refractivity contribution in [3.05, 3.63) is 29.3 Å². The van der Waals surface area contributed by atoms with Crippen LogP contribution in [-0.2, 0) is 13.8 Å². The maximum absolute atomic E-state index is 14.0. The van der Waals surface area contributed by atoms with E-state index in [4.69, 9.17) is 15.4 Å². The van der Waals surface area contributed by atoms with Gasteiger partial charge in [-0.3, -0.25) is 4.79 Å². The van der Waals surface area contributed by atoms with Crippen LogP contribution in [0.4, 0.5) is 8.78 Å². The number of carbonyl (C=O) groups is 1. The van der Waals surface area contributed by atoms with Crippen molar-refractivity contribution < 1.29 is 26.7 Å². The summed E-state index contributed by atoms with van der Waals surface area (Å²) in [6, 6.07) is 1.04. The molecule has 1 N–H and O–H groups in total. The van der Waals surface area contributed by atoms with Gasteiger partial charge in [0.05, 0.1) is 11.7 Å². The lowest BCUT2D eigenvalue weighted by Gasteiger charge is -2.12. The average Bonchev–Trinajstić information content (AvgIpc) is 2.90. The maximum atomic E-state index is 14.0. The van der Waals surface area contributed by atoms with Crippen LogP contribution in [0, 0.1) is 11.6 Å². The molecule has 1 atom stereocenters. The molecule has 1 fully saturated rings. The third kappa shape index (κ3) is 3.90. The van der Waals surface area contributed by atoms with Crippen molar-refractivity contribution in [2.45, 2.75) is 23.8 Å². The lowest BCUT2D eigenvalue weighted by atomic mass is 10.2. The second-order valence-corrected chi connectivity index (χ2v) is 7.08. The standard InChI is InChI=1S/C12H12ClF2NO4S/c13-21(18,19)10-5-7(14)4-9(11(10)15)12(17)16-6-8-2-1-3-20-8/h4-5,8H,1-3,6H2,(H,16,17). The first-order valence-corrected chi connectivity index (χ1v) is 8.43. The van der Waals surface area contributed by atoms with Crippen molar-refractivity contribution in [2.24, 2.45) is 0 Å². The molecule has 1 aromatic carbocycles. The summed E-state index contributed by atoms with van der Waals surface area (Å²) in [6.45, 7) is 0.723. The number of ether oxygens (including phenoxy) is 1. The van der Waals surface area contributed by atoms with Gasteiger partial charge in [0.25, 0.3) is 15.0 Å². The Kier molecular flexibility index (Phi) is 4.80. The van der Waals surface area contributed by atoms with Crippen LogP contribution >= 0.6 is 10.7 Å². The van der Waals surface area contributed by atoms with Crippen LogP contribution in [-0.4, -0.2) is 33.6 Å². The van der Waals surface area contributed by atoms with Crippen LogP contribution in [0.25, 0.3) is 0 Å². The van der Waals surface area contributed by atoms with Gasteiger partial charge in [-0.05, 0) is 25.0 Å². The van der Waals surface area contributed by atoms with Crippen molar-refractivity contribution >= 4 is 25.6 Å².